The third-order valence-corrected chi connectivity index (χ3v) is 4.16. The smallest absolute Gasteiger partial charge is 0.335 e. The van der Waals surface area contributed by atoms with E-state index in [0.717, 1.165) is 23.1 Å². The van der Waals surface area contributed by atoms with Gasteiger partial charge in [0.1, 0.15) is 6.61 Å². The van der Waals surface area contributed by atoms with E-state index in [9.17, 15) is 9.59 Å². The summed E-state index contributed by atoms with van der Waals surface area (Å²) < 4.78 is 5.50. The van der Waals surface area contributed by atoms with Crippen LogP contribution >= 0.6 is 0 Å². The van der Waals surface area contributed by atoms with E-state index in [2.05, 4.69) is 0 Å². The molecule has 0 bridgehead atoms. The number of carbonyl (C=O) groups is 2. The van der Waals surface area contributed by atoms with Crippen LogP contribution in [0.1, 0.15) is 27.0 Å². The first-order chi connectivity index (χ1) is 11.6. The molecule has 0 fully saturated rings. The van der Waals surface area contributed by atoms with Crippen molar-refractivity contribution >= 4 is 11.9 Å². The van der Waals surface area contributed by atoms with Gasteiger partial charge < -0.3 is 14.7 Å². The molecule has 24 heavy (non-hydrogen) atoms. The van der Waals surface area contributed by atoms with Crippen LogP contribution in [-0.4, -0.2) is 35.0 Å². The van der Waals surface area contributed by atoms with Gasteiger partial charge >= 0.3 is 5.97 Å². The van der Waals surface area contributed by atoms with Crippen LogP contribution in [0.4, 0.5) is 0 Å². The summed E-state index contributed by atoms with van der Waals surface area (Å²) in [6.07, 6.45) is 0.736. The van der Waals surface area contributed by atoms with Crippen LogP contribution in [0.3, 0.4) is 0 Å². The maximum absolute atomic E-state index is 12.3. The zero-order chi connectivity index (χ0) is 16.9. The van der Waals surface area contributed by atoms with Crippen molar-refractivity contribution in [2.45, 2.75) is 19.6 Å². The third kappa shape index (κ3) is 3.81. The van der Waals surface area contributed by atoms with Crippen LogP contribution in [0.15, 0.2) is 48.5 Å². The minimum atomic E-state index is -0.951. The Morgan fingerprint density at radius 3 is 2.62 bits per heavy atom. The van der Waals surface area contributed by atoms with E-state index in [1.807, 2.05) is 36.4 Å². The number of carboxylic acid groups (broad SMARTS) is 1. The molecule has 0 unspecified atom stereocenters. The number of carboxylic acids is 1. The van der Waals surface area contributed by atoms with Crippen LogP contribution in [0, 0.1) is 0 Å². The number of nitrogens with zero attached hydrogens (tertiary/aromatic N) is 1. The topological polar surface area (TPSA) is 66.8 Å². The van der Waals surface area contributed by atoms with Gasteiger partial charge in [-0.15, -0.1) is 0 Å². The highest BCUT2D eigenvalue weighted by Gasteiger charge is 2.21. The molecule has 2 aromatic carbocycles. The van der Waals surface area contributed by atoms with Gasteiger partial charge in [-0.3, -0.25) is 4.79 Å². The highest BCUT2D eigenvalue weighted by Crippen LogP contribution is 2.20. The fourth-order valence-corrected chi connectivity index (χ4v) is 2.82. The molecule has 1 aliphatic heterocycles. The molecule has 124 valence electrons. The van der Waals surface area contributed by atoms with Gasteiger partial charge in [0, 0.05) is 13.1 Å². The second-order valence-corrected chi connectivity index (χ2v) is 5.83. The first-order valence-corrected chi connectivity index (χ1v) is 7.88. The molecule has 5 nitrogen and oxygen atoms in total. The number of fused-ring (bicyclic) bond motifs is 1. The zero-order valence-electron chi connectivity index (χ0n) is 13.3. The van der Waals surface area contributed by atoms with E-state index < -0.39 is 5.97 Å². The molecule has 5 heteroatoms. The van der Waals surface area contributed by atoms with Crippen molar-refractivity contribution in [3.63, 3.8) is 0 Å². The van der Waals surface area contributed by atoms with Gasteiger partial charge in [-0.1, -0.05) is 36.4 Å². The molecule has 0 spiro atoms. The van der Waals surface area contributed by atoms with Crippen LogP contribution in [-0.2, 0) is 29.1 Å². The van der Waals surface area contributed by atoms with Crippen molar-refractivity contribution in [2.75, 3.05) is 13.2 Å². The van der Waals surface area contributed by atoms with Crippen LogP contribution in [0.2, 0.25) is 0 Å². The summed E-state index contributed by atoms with van der Waals surface area (Å²) in [5, 5.41) is 9.09. The molecule has 1 amide bonds. The van der Waals surface area contributed by atoms with E-state index in [4.69, 9.17) is 9.84 Å². The highest BCUT2D eigenvalue weighted by atomic mass is 16.5. The standard InChI is InChI=1S/C19H19NO4/c21-18(13-24-12-14-4-2-1-3-5-14)20-9-8-15-6-7-16(19(22)23)10-17(15)11-20/h1-7,10H,8-9,11-13H2,(H,22,23). The highest BCUT2D eigenvalue weighted by molar-refractivity contribution is 5.88. The Bertz CT molecular complexity index is 742. The Morgan fingerprint density at radius 1 is 1.08 bits per heavy atom. The van der Waals surface area contributed by atoms with Gasteiger partial charge in [-0.25, -0.2) is 4.79 Å². The Morgan fingerprint density at radius 2 is 1.88 bits per heavy atom. The first kappa shape index (κ1) is 16.2. The van der Waals surface area contributed by atoms with E-state index in [1.54, 1.807) is 17.0 Å². The van der Waals surface area contributed by atoms with E-state index in [1.165, 1.54) is 0 Å². The molecule has 1 N–H and O–H groups in total. The Balaban J connectivity index is 1.57. The molecule has 0 saturated heterocycles. The summed E-state index contributed by atoms with van der Waals surface area (Å²) >= 11 is 0. The molecule has 2 aromatic rings. The Labute approximate surface area is 140 Å². The molecule has 1 heterocycles. The van der Waals surface area contributed by atoms with Gasteiger partial charge in [0.25, 0.3) is 0 Å². The molecule has 1 aliphatic rings. The number of hydrogen-bond acceptors (Lipinski definition) is 3. The molecule has 3 rings (SSSR count). The van der Waals surface area contributed by atoms with E-state index in [-0.39, 0.29) is 18.1 Å². The lowest BCUT2D eigenvalue weighted by molar-refractivity contribution is -0.137. The van der Waals surface area contributed by atoms with E-state index in [0.29, 0.717) is 19.7 Å². The van der Waals surface area contributed by atoms with Gasteiger partial charge in [-0.2, -0.15) is 0 Å². The summed E-state index contributed by atoms with van der Waals surface area (Å²) in [5.74, 6) is -1.02. The first-order valence-electron chi connectivity index (χ1n) is 7.88. The monoisotopic (exact) mass is 325 g/mol. The van der Waals surface area contributed by atoms with E-state index >= 15 is 0 Å². The number of benzene rings is 2. The molecule has 0 aliphatic carbocycles. The Hall–Kier alpha value is -2.66. The third-order valence-electron chi connectivity index (χ3n) is 4.16. The Kier molecular flexibility index (Phi) is 4.91. The molecule has 0 aromatic heterocycles. The summed E-state index contributed by atoms with van der Waals surface area (Å²) in [4.78, 5) is 25.1. The molecule has 0 saturated carbocycles. The van der Waals surface area contributed by atoms with Gasteiger partial charge in [0.2, 0.25) is 5.91 Å². The number of carbonyl (C=O) groups excluding carboxylic acids is 1. The number of aromatic carboxylic acids is 1. The predicted molar refractivity (Wildman–Crippen MR) is 88.6 cm³/mol. The average Bonchev–Trinajstić information content (AvgIpc) is 2.61. The maximum atomic E-state index is 12.3. The van der Waals surface area contributed by atoms with Crippen molar-refractivity contribution in [1.82, 2.24) is 4.90 Å². The summed E-state index contributed by atoms with van der Waals surface area (Å²) in [6.45, 7) is 1.50. The maximum Gasteiger partial charge on any atom is 0.335 e. The van der Waals surface area contributed by atoms with Crippen molar-refractivity contribution in [1.29, 1.82) is 0 Å². The van der Waals surface area contributed by atoms with Crippen molar-refractivity contribution in [3.05, 3.63) is 70.8 Å². The largest absolute Gasteiger partial charge is 0.478 e. The second kappa shape index (κ2) is 7.27. The average molecular weight is 325 g/mol. The number of amides is 1. The SMILES string of the molecule is O=C(O)c1ccc2c(c1)CN(C(=O)COCc1ccccc1)CC2. The fourth-order valence-electron chi connectivity index (χ4n) is 2.82. The number of rotatable bonds is 5. The lowest BCUT2D eigenvalue weighted by Gasteiger charge is -2.29. The molecular weight excluding hydrogens is 306 g/mol. The van der Waals surface area contributed by atoms with Gasteiger partial charge in [0.05, 0.1) is 12.2 Å². The van der Waals surface area contributed by atoms with Crippen LogP contribution in [0.25, 0.3) is 0 Å². The van der Waals surface area contributed by atoms with Gasteiger partial charge in [0.15, 0.2) is 0 Å². The quantitative estimate of drug-likeness (QED) is 0.917. The zero-order valence-corrected chi connectivity index (χ0v) is 13.3. The van der Waals surface area contributed by atoms with Crippen LogP contribution < -0.4 is 0 Å². The van der Waals surface area contributed by atoms with Crippen molar-refractivity contribution < 1.29 is 19.4 Å². The van der Waals surface area contributed by atoms with Gasteiger partial charge in [-0.05, 0) is 35.2 Å². The van der Waals surface area contributed by atoms with Crippen molar-refractivity contribution in [3.8, 4) is 0 Å². The lowest BCUT2D eigenvalue weighted by atomic mass is 9.97. The fraction of sp³-hybridized carbons (Fsp3) is 0.263. The second-order valence-electron chi connectivity index (χ2n) is 5.83. The molecule has 0 atom stereocenters. The minimum absolute atomic E-state index is 0.0306. The summed E-state index contributed by atoms with van der Waals surface area (Å²) in [5.41, 5.74) is 3.29. The lowest BCUT2D eigenvalue weighted by Crippen LogP contribution is -2.38. The summed E-state index contributed by atoms with van der Waals surface area (Å²) in [6, 6.07) is 14.8. The molecular formula is C19H19NO4. The molecule has 0 radical (unpaired) electrons. The number of ether oxygens (including phenoxy) is 1. The summed E-state index contributed by atoms with van der Waals surface area (Å²) in [7, 11) is 0. The van der Waals surface area contributed by atoms with Crippen LogP contribution in [0.5, 0.6) is 0 Å². The van der Waals surface area contributed by atoms with Crippen molar-refractivity contribution in [2.24, 2.45) is 0 Å². The normalized spacial score (nSPS) is 13.4. The number of hydrogen-bond donors (Lipinski definition) is 1. The predicted octanol–water partition coefficient (Wildman–Crippen LogP) is 2.49. The minimum Gasteiger partial charge on any atom is -0.478 e.